The molecule has 7 nitrogen and oxygen atoms in total. The summed E-state index contributed by atoms with van der Waals surface area (Å²) in [6.07, 6.45) is 4.10. The zero-order chi connectivity index (χ0) is 24.3. The van der Waals surface area contributed by atoms with E-state index in [1.165, 1.54) is 16.7 Å². The molecule has 2 aromatic rings. The molecular weight excluding hydrogens is 424 g/mol. The standard InChI is InChI=1S/C27H46N6O/c28-10-4-13-31-14-7-15-32-21-25-18-26(22-33(16-5-11-29)17-6-12-30)20-27(19-25)34-23-24-8-2-1-3-9-24/h1-3,8-9,18-20,31-32H,4-7,10-17,21-23,28-30H2. The maximum atomic E-state index is 6.19. The van der Waals surface area contributed by atoms with Crippen LogP contribution in [-0.4, -0.2) is 57.3 Å². The van der Waals surface area contributed by atoms with Crippen LogP contribution in [0.15, 0.2) is 48.5 Å². The highest BCUT2D eigenvalue weighted by molar-refractivity contribution is 5.35. The predicted molar refractivity (Wildman–Crippen MR) is 143 cm³/mol. The van der Waals surface area contributed by atoms with Crippen molar-refractivity contribution in [2.75, 3.05) is 52.4 Å². The van der Waals surface area contributed by atoms with Gasteiger partial charge in [-0.3, -0.25) is 4.90 Å². The summed E-state index contributed by atoms with van der Waals surface area (Å²) in [5.41, 5.74) is 20.7. The first-order valence-electron chi connectivity index (χ1n) is 12.8. The quantitative estimate of drug-likeness (QED) is 0.188. The number of nitrogens with zero attached hydrogens (tertiary/aromatic N) is 1. The fourth-order valence-electron chi connectivity index (χ4n) is 3.83. The van der Waals surface area contributed by atoms with E-state index in [2.05, 4.69) is 45.9 Å². The zero-order valence-electron chi connectivity index (χ0n) is 20.8. The van der Waals surface area contributed by atoms with E-state index in [0.717, 1.165) is 83.8 Å². The predicted octanol–water partition coefficient (Wildman–Crippen LogP) is 2.18. The number of ether oxygens (including phenoxy) is 1. The lowest BCUT2D eigenvalue weighted by molar-refractivity contribution is 0.260. The van der Waals surface area contributed by atoms with Gasteiger partial charge in [-0.2, -0.15) is 0 Å². The molecule has 0 heterocycles. The number of rotatable bonds is 20. The van der Waals surface area contributed by atoms with E-state index in [4.69, 9.17) is 21.9 Å². The molecule has 2 aromatic carbocycles. The molecule has 0 aromatic heterocycles. The summed E-state index contributed by atoms with van der Waals surface area (Å²) >= 11 is 0. The highest BCUT2D eigenvalue weighted by Crippen LogP contribution is 2.20. The Morgan fingerprint density at radius 3 is 2.03 bits per heavy atom. The lowest BCUT2D eigenvalue weighted by Gasteiger charge is -2.23. The van der Waals surface area contributed by atoms with Crippen molar-refractivity contribution in [1.82, 2.24) is 15.5 Å². The summed E-state index contributed by atoms with van der Waals surface area (Å²) in [6, 6.07) is 16.9. The number of benzene rings is 2. The molecule has 0 amide bonds. The summed E-state index contributed by atoms with van der Waals surface area (Å²) in [7, 11) is 0. The third-order valence-corrected chi connectivity index (χ3v) is 5.63. The molecule has 0 aliphatic carbocycles. The average Bonchev–Trinajstić information content (AvgIpc) is 2.86. The number of hydrogen-bond donors (Lipinski definition) is 5. The molecule has 0 radical (unpaired) electrons. The van der Waals surface area contributed by atoms with Gasteiger partial charge >= 0.3 is 0 Å². The SMILES string of the molecule is NCCCNCCCNCc1cc(CN(CCCN)CCCN)cc(OCc2ccccc2)c1. The normalized spacial score (nSPS) is 11.3. The van der Waals surface area contributed by atoms with Crippen molar-refractivity contribution in [3.63, 3.8) is 0 Å². The van der Waals surface area contributed by atoms with Crippen LogP contribution in [0, 0.1) is 0 Å². The fourth-order valence-corrected chi connectivity index (χ4v) is 3.83. The second kappa shape index (κ2) is 18.3. The van der Waals surface area contributed by atoms with Crippen LogP contribution in [0.3, 0.4) is 0 Å². The molecule has 0 aliphatic rings. The molecule has 0 spiro atoms. The Morgan fingerprint density at radius 2 is 1.32 bits per heavy atom. The fraction of sp³-hybridized carbons (Fsp3) is 0.556. The molecule has 190 valence electrons. The Morgan fingerprint density at radius 1 is 0.676 bits per heavy atom. The molecule has 0 atom stereocenters. The van der Waals surface area contributed by atoms with Crippen molar-refractivity contribution in [3.8, 4) is 5.75 Å². The van der Waals surface area contributed by atoms with Gasteiger partial charge in [-0.1, -0.05) is 36.4 Å². The van der Waals surface area contributed by atoms with Crippen LogP contribution >= 0.6 is 0 Å². The Hall–Kier alpha value is -2.00. The first-order chi connectivity index (χ1) is 16.7. The van der Waals surface area contributed by atoms with Crippen LogP contribution in [0.25, 0.3) is 0 Å². The lowest BCUT2D eigenvalue weighted by atomic mass is 10.1. The van der Waals surface area contributed by atoms with Crippen LogP contribution in [0.4, 0.5) is 0 Å². The molecule has 8 N–H and O–H groups in total. The molecule has 0 unspecified atom stereocenters. The van der Waals surface area contributed by atoms with Gasteiger partial charge < -0.3 is 32.6 Å². The Kier molecular flexibility index (Phi) is 15.2. The van der Waals surface area contributed by atoms with E-state index in [9.17, 15) is 0 Å². The molecule has 0 bridgehead atoms. The lowest BCUT2D eigenvalue weighted by Crippen LogP contribution is -2.28. The maximum absolute atomic E-state index is 6.19. The van der Waals surface area contributed by atoms with Crippen molar-refractivity contribution in [1.29, 1.82) is 0 Å². The van der Waals surface area contributed by atoms with Crippen LogP contribution in [0.2, 0.25) is 0 Å². The maximum Gasteiger partial charge on any atom is 0.120 e. The highest BCUT2D eigenvalue weighted by atomic mass is 16.5. The van der Waals surface area contributed by atoms with Gasteiger partial charge in [0.1, 0.15) is 12.4 Å². The average molecular weight is 471 g/mol. The van der Waals surface area contributed by atoms with Gasteiger partial charge in [0, 0.05) is 13.1 Å². The van der Waals surface area contributed by atoms with Crippen molar-refractivity contribution >= 4 is 0 Å². The Balaban J connectivity index is 1.98. The van der Waals surface area contributed by atoms with E-state index in [1.807, 2.05) is 18.2 Å². The topological polar surface area (TPSA) is 115 Å². The van der Waals surface area contributed by atoms with Crippen LogP contribution in [0.5, 0.6) is 5.75 Å². The summed E-state index contributed by atoms with van der Waals surface area (Å²) in [5.74, 6) is 0.916. The Bertz CT molecular complexity index is 750. The number of nitrogens with two attached hydrogens (primary N) is 3. The molecule has 7 heteroatoms. The van der Waals surface area contributed by atoms with Gasteiger partial charge in [-0.15, -0.1) is 0 Å². The highest BCUT2D eigenvalue weighted by Gasteiger charge is 2.09. The molecule has 0 fully saturated rings. The molecule has 0 saturated heterocycles. The van der Waals surface area contributed by atoms with Gasteiger partial charge in [0.2, 0.25) is 0 Å². The molecule has 2 rings (SSSR count). The van der Waals surface area contributed by atoms with E-state index in [-0.39, 0.29) is 0 Å². The summed E-state index contributed by atoms with van der Waals surface area (Å²) in [6.45, 7) is 9.35. The third-order valence-electron chi connectivity index (χ3n) is 5.63. The van der Waals surface area contributed by atoms with Crippen molar-refractivity contribution in [2.24, 2.45) is 17.2 Å². The minimum atomic E-state index is 0.565. The van der Waals surface area contributed by atoms with E-state index in [1.54, 1.807) is 0 Å². The minimum absolute atomic E-state index is 0.565. The van der Waals surface area contributed by atoms with Crippen LogP contribution in [-0.2, 0) is 19.7 Å². The van der Waals surface area contributed by atoms with E-state index >= 15 is 0 Å². The van der Waals surface area contributed by atoms with Crippen molar-refractivity contribution < 1.29 is 4.74 Å². The monoisotopic (exact) mass is 470 g/mol. The third kappa shape index (κ3) is 12.5. The largest absolute Gasteiger partial charge is 0.489 e. The summed E-state index contributed by atoms with van der Waals surface area (Å²) in [5, 5.41) is 7.00. The van der Waals surface area contributed by atoms with Crippen molar-refractivity contribution in [3.05, 3.63) is 65.2 Å². The van der Waals surface area contributed by atoms with Crippen LogP contribution < -0.4 is 32.6 Å². The first kappa shape index (κ1) is 28.2. The Labute approximate surface area is 206 Å². The minimum Gasteiger partial charge on any atom is -0.489 e. The van der Waals surface area contributed by atoms with E-state index in [0.29, 0.717) is 19.7 Å². The molecular formula is C27H46N6O. The molecule has 34 heavy (non-hydrogen) atoms. The van der Waals surface area contributed by atoms with Crippen LogP contribution in [0.1, 0.15) is 42.4 Å². The van der Waals surface area contributed by atoms with Crippen molar-refractivity contribution in [2.45, 2.75) is 45.4 Å². The smallest absolute Gasteiger partial charge is 0.120 e. The van der Waals surface area contributed by atoms with E-state index < -0.39 is 0 Å². The van der Waals surface area contributed by atoms with Gasteiger partial charge in [-0.05, 0) is 107 Å². The van der Waals surface area contributed by atoms with Gasteiger partial charge in [-0.25, -0.2) is 0 Å². The first-order valence-corrected chi connectivity index (χ1v) is 12.8. The second-order valence-corrected chi connectivity index (χ2v) is 8.74. The zero-order valence-corrected chi connectivity index (χ0v) is 20.8. The summed E-state index contributed by atoms with van der Waals surface area (Å²) in [4.78, 5) is 2.44. The number of nitrogens with one attached hydrogen (secondary N) is 2. The number of hydrogen-bond acceptors (Lipinski definition) is 7. The van der Waals surface area contributed by atoms with Gasteiger partial charge in [0.25, 0.3) is 0 Å². The summed E-state index contributed by atoms with van der Waals surface area (Å²) < 4.78 is 6.19. The van der Waals surface area contributed by atoms with Gasteiger partial charge in [0.05, 0.1) is 0 Å². The molecule has 0 aliphatic heterocycles. The second-order valence-electron chi connectivity index (χ2n) is 8.74. The van der Waals surface area contributed by atoms with Gasteiger partial charge in [0.15, 0.2) is 0 Å². The molecule has 0 saturated carbocycles.